The van der Waals surface area contributed by atoms with Crippen molar-refractivity contribution in [3.8, 4) is 0 Å². The number of ether oxygens (including phenoxy) is 1. The molecule has 7 heteroatoms. The SMILES string of the molecule is O=C(C1CC1)N(C1CCOCC1)C1CCN(S(=O)(=O)Cc2ccccc2)C1. The maximum absolute atomic E-state index is 13.0. The minimum absolute atomic E-state index is 0.00764. The second-order valence-electron chi connectivity index (χ2n) is 7.91. The Morgan fingerprint density at radius 2 is 1.74 bits per heavy atom. The van der Waals surface area contributed by atoms with E-state index in [2.05, 4.69) is 0 Å². The van der Waals surface area contributed by atoms with Crippen molar-refractivity contribution in [3.63, 3.8) is 0 Å². The van der Waals surface area contributed by atoms with Crippen LogP contribution >= 0.6 is 0 Å². The van der Waals surface area contributed by atoms with Crippen LogP contribution in [-0.4, -0.2) is 61.9 Å². The molecule has 1 unspecified atom stereocenters. The van der Waals surface area contributed by atoms with Crippen LogP contribution in [-0.2, 0) is 25.3 Å². The van der Waals surface area contributed by atoms with Gasteiger partial charge in [0.15, 0.2) is 0 Å². The van der Waals surface area contributed by atoms with Gasteiger partial charge in [0.25, 0.3) is 0 Å². The quantitative estimate of drug-likeness (QED) is 0.743. The third-order valence-corrected chi connectivity index (χ3v) is 7.69. The van der Waals surface area contributed by atoms with Crippen LogP contribution in [0.2, 0.25) is 0 Å². The van der Waals surface area contributed by atoms with E-state index in [-0.39, 0.29) is 29.7 Å². The molecular weight excluding hydrogens is 364 g/mol. The van der Waals surface area contributed by atoms with Crippen LogP contribution < -0.4 is 0 Å². The van der Waals surface area contributed by atoms with Gasteiger partial charge < -0.3 is 9.64 Å². The first-order valence-electron chi connectivity index (χ1n) is 9.96. The van der Waals surface area contributed by atoms with Gasteiger partial charge >= 0.3 is 0 Å². The van der Waals surface area contributed by atoms with E-state index >= 15 is 0 Å². The van der Waals surface area contributed by atoms with Crippen molar-refractivity contribution >= 4 is 15.9 Å². The first-order valence-corrected chi connectivity index (χ1v) is 11.6. The Bertz CT molecular complexity index is 757. The van der Waals surface area contributed by atoms with E-state index < -0.39 is 10.0 Å². The fraction of sp³-hybridized carbons (Fsp3) is 0.650. The molecule has 1 amide bonds. The van der Waals surface area contributed by atoms with Gasteiger partial charge in [-0.3, -0.25) is 4.79 Å². The highest BCUT2D eigenvalue weighted by molar-refractivity contribution is 7.88. The summed E-state index contributed by atoms with van der Waals surface area (Å²) in [5.74, 6) is 0.408. The maximum atomic E-state index is 13.0. The number of hydrogen-bond donors (Lipinski definition) is 0. The van der Waals surface area contributed by atoms with Crippen molar-refractivity contribution in [1.29, 1.82) is 0 Å². The maximum Gasteiger partial charge on any atom is 0.226 e. The highest BCUT2D eigenvalue weighted by atomic mass is 32.2. The van der Waals surface area contributed by atoms with Gasteiger partial charge in [-0.15, -0.1) is 0 Å². The molecule has 3 aliphatic rings. The number of hydrogen-bond acceptors (Lipinski definition) is 4. The van der Waals surface area contributed by atoms with Crippen molar-refractivity contribution in [2.24, 2.45) is 5.92 Å². The van der Waals surface area contributed by atoms with Crippen LogP contribution in [0.25, 0.3) is 0 Å². The molecule has 27 heavy (non-hydrogen) atoms. The van der Waals surface area contributed by atoms with E-state index in [1.807, 2.05) is 35.2 Å². The second kappa shape index (κ2) is 7.89. The normalized spacial score (nSPS) is 24.8. The van der Waals surface area contributed by atoms with E-state index in [1.165, 1.54) is 0 Å². The molecule has 6 nitrogen and oxygen atoms in total. The van der Waals surface area contributed by atoms with Crippen LogP contribution in [0.1, 0.15) is 37.7 Å². The van der Waals surface area contributed by atoms with Gasteiger partial charge in [-0.25, -0.2) is 8.42 Å². The zero-order valence-electron chi connectivity index (χ0n) is 15.6. The summed E-state index contributed by atoms with van der Waals surface area (Å²) in [4.78, 5) is 15.0. The fourth-order valence-electron chi connectivity index (χ4n) is 4.23. The van der Waals surface area contributed by atoms with Gasteiger partial charge in [0, 0.05) is 44.3 Å². The summed E-state index contributed by atoms with van der Waals surface area (Å²) in [5.41, 5.74) is 0.802. The van der Waals surface area contributed by atoms with Crippen LogP contribution in [0.5, 0.6) is 0 Å². The van der Waals surface area contributed by atoms with E-state index in [4.69, 9.17) is 4.74 Å². The molecule has 1 aliphatic carbocycles. The lowest BCUT2D eigenvalue weighted by atomic mass is 10.0. The summed E-state index contributed by atoms with van der Waals surface area (Å²) < 4.78 is 32.8. The molecule has 148 valence electrons. The number of carbonyl (C=O) groups excluding carboxylic acids is 1. The molecule has 1 aromatic carbocycles. The van der Waals surface area contributed by atoms with Crippen LogP contribution in [0.15, 0.2) is 30.3 Å². The molecule has 4 rings (SSSR count). The third kappa shape index (κ3) is 4.36. The zero-order chi connectivity index (χ0) is 18.9. The molecule has 1 aromatic rings. The van der Waals surface area contributed by atoms with Crippen molar-refractivity contribution in [3.05, 3.63) is 35.9 Å². The van der Waals surface area contributed by atoms with Crippen LogP contribution in [0.3, 0.4) is 0 Å². The Kier molecular flexibility index (Phi) is 5.53. The standard InChI is InChI=1S/C20H28N2O4S/c23-20(17-6-7-17)22(18-9-12-26-13-10-18)19-8-11-21(14-19)27(24,25)15-16-4-2-1-3-5-16/h1-5,17-19H,6-15H2. The number of sulfonamides is 1. The van der Waals surface area contributed by atoms with Crippen molar-refractivity contribution in [2.45, 2.75) is 49.9 Å². The predicted molar refractivity (Wildman–Crippen MR) is 102 cm³/mol. The first kappa shape index (κ1) is 18.9. The highest BCUT2D eigenvalue weighted by Crippen LogP contribution is 2.35. The molecule has 0 N–H and O–H groups in total. The Morgan fingerprint density at radius 1 is 1.04 bits per heavy atom. The molecule has 2 aliphatic heterocycles. The number of rotatable bonds is 6. The van der Waals surface area contributed by atoms with Gasteiger partial charge in [-0.1, -0.05) is 30.3 Å². The second-order valence-corrected chi connectivity index (χ2v) is 9.87. The fourth-order valence-corrected chi connectivity index (χ4v) is 5.81. The summed E-state index contributed by atoms with van der Waals surface area (Å²) in [6, 6.07) is 9.47. The lowest BCUT2D eigenvalue weighted by molar-refractivity contribution is -0.139. The van der Waals surface area contributed by atoms with Gasteiger partial charge in [0.2, 0.25) is 15.9 Å². The predicted octanol–water partition coefficient (Wildman–Crippen LogP) is 2.01. The Labute approximate surface area is 161 Å². The van der Waals surface area contributed by atoms with E-state index in [0.29, 0.717) is 26.3 Å². The number of benzene rings is 1. The summed E-state index contributed by atoms with van der Waals surface area (Å²) in [5, 5.41) is 0. The largest absolute Gasteiger partial charge is 0.381 e. The van der Waals surface area contributed by atoms with Crippen LogP contribution in [0, 0.1) is 5.92 Å². The van der Waals surface area contributed by atoms with Crippen molar-refractivity contribution in [1.82, 2.24) is 9.21 Å². The third-order valence-electron chi connectivity index (χ3n) is 5.87. The van der Waals surface area contributed by atoms with E-state index in [9.17, 15) is 13.2 Å². The lowest BCUT2D eigenvalue weighted by Gasteiger charge is -2.38. The molecule has 1 saturated carbocycles. The van der Waals surface area contributed by atoms with E-state index in [1.54, 1.807) is 4.31 Å². The lowest BCUT2D eigenvalue weighted by Crippen LogP contribution is -2.51. The van der Waals surface area contributed by atoms with Gasteiger partial charge in [0.05, 0.1) is 5.75 Å². The molecule has 2 heterocycles. The smallest absolute Gasteiger partial charge is 0.226 e. The molecule has 0 radical (unpaired) electrons. The van der Waals surface area contributed by atoms with Crippen molar-refractivity contribution in [2.75, 3.05) is 26.3 Å². The average Bonchev–Trinajstić information content (AvgIpc) is 3.41. The molecule has 1 atom stereocenters. The van der Waals surface area contributed by atoms with Crippen molar-refractivity contribution < 1.29 is 17.9 Å². The molecule has 0 bridgehead atoms. The average molecular weight is 393 g/mol. The van der Waals surface area contributed by atoms with E-state index in [0.717, 1.165) is 37.7 Å². The number of carbonyl (C=O) groups is 1. The number of amides is 1. The monoisotopic (exact) mass is 392 g/mol. The molecule has 3 fully saturated rings. The minimum Gasteiger partial charge on any atom is -0.381 e. The summed E-state index contributed by atoms with van der Waals surface area (Å²) in [7, 11) is -3.37. The Morgan fingerprint density at radius 3 is 2.41 bits per heavy atom. The molecule has 0 aromatic heterocycles. The zero-order valence-corrected chi connectivity index (χ0v) is 16.4. The van der Waals surface area contributed by atoms with Crippen LogP contribution in [0.4, 0.5) is 0 Å². The topological polar surface area (TPSA) is 66.9 Å². The summed E-state index contributed by atoms with van der Waals surface area (Å²) in [6.07, 6.45) is 4.38. The number of nitrogens with zero attached hydrogens (tertiary/aromatic N) is 2. The van der Waals surface area contributed by atoms with Gasteiger partial charge in [0.1, 0.15) is 0 Å². The molecule has 0 spiro atoms. The highest BCUT2D eigenvalue weighted by Gasteiger charge is 2.43. The molecule has 2 saturated heterocycles. The minimum atomic E-state index is -3.37. The summed E-state index contributed by atoms with van der Waals surface area (Å²) in [6.45, 7) is 2.28. The molecular formula is C20H28N2O4S. The first-order chi connectivity index (χ1) is 13.0. The van der Waals surface area contributed by atoms with Gasteiger partial charge in [-0.2, -0.15) is 4.31 Å². The summed E-state index contributed by atoms with van der Waals surface area (Å²) >= 11 is 0. The Balaban J connectivity index is 1.46. The Hall–Kier alpha value is -1.44. The van der Waals surface area contributed by atoms with Gasteiger partial charge in [-0.05, 0) is 37.7 Å².